The molecule has 0 saturated heterocycles. The largest absolute Gasteiger partial charge is 0.481 e. The van der Waals surface area contributed by atoms with Gasteiger partial charge in [-0.3, -0.25) is 9.59 Å². The molecule has 8 heteroatoms. The van der Waals surface area contributed by atoms with Crippen molar-refractivity contribution in [3.05, 3.63) is 35.9 Å². The Balaban J connectivity index is 3.10. The van der Waals surface area contributed by atoms with Gasteiger partial charge in [-0.25, -0.2) is 15.2 Å². The van der Waals surface area contributed by atoms with Crippen LogP contribution in [0.15, 0.2) is 30.3 Å². The quantitative estimate of drug-likeness (QED) is 0.394. The van der Waals surface area contributed by atoms with Gasteiger partial charge in [0.2, 0.25) is 0 Å². The molecule has 0 heterocycles. The summed E-state index contributed by atoms with van der Waals surface area (Å²) in [4.78, 5) is 38.0. The van der Waals surface area contributed by atoms with E-state index in [0.29, 0.717) is 6.42 Å². The number of hydrogen-bond acceptors (Lipinski definition) is 6. The van der Waals surface area contributed by atoms with Crippen LogP contribution in [-0.2, 0) is 25.7 Å². The van der Waals surface area contributed by atoms with Crippen molar-refractivity contribution in [2.45, 2.75) is 52.9 Å². The highest BCUT2D eigenvalue weighted by Gasteiger charge is 2.44. The Morgan fingerprint density at radius 1 is 1.10 bits per heavy atom. The minimum Gasteiger partial charge on any atom is -0.481 e. The lowest BCUT2D eigenvalue weighted by atomic mass is 9.84. The second kappa shape index (κ2) is 12.3. The maximum atomic E-state index is 13.3. The molecule has 1 aromatic rings. The van der Waals surface area contributed by atoms with E-state index in [9.17, 15) is 19.5 Å². The zero-order chi connectivity index (χ0) is 22.8. The van der Waals surface area contributed by atoms with Crippen LogP contribution in [0.2, 0.25) is 0 Å². The number of amides is 1. The molecule has 0 radical (unpaired) electrons. The number of ketones is 1. The van der Waals surface area contributed by atoms with Gasteiger partial charge in [0.25, 0.3) is 0 Å². The Morgan fingerprint density at radius 3 is 2.13 bits per heavy atom. The van der Waals surface area contributed by atoms with Crippen molar-refractivity contribution in [2.24, 2.45) is 17.8 Å². The monoisotopic (exact) mass is 422 g/mol. The van der Waals surface area contributed by atoms with Gasteiger partial charge in [0.1, 0.15) is 18.6 Å². The van der Waals surface area contributed by atoms with Crippen LogP contribution in [0.4, 0.5) is 4.79 Å². The first kappa shape index (κ1) is 25.6. The van der Waals surface area contributed by atoms with Crippen LogP contribution in [0, 0.1) is 17.8 Å². The summed E-state index contributed by atoms with van der Waals surface area (Å²) >= 11 is 0. The zero-order valence-corrected chi connectivity index (χ0v) is 18.6. The third-order valence-electron chi connectivity index (χ3n) is 4.79. The summed E-state index contributed by atoms with van der Waals surface area (Å²) in [5.74, 6) is -3.49. The van der Waals surface area contributed by atoms with Crippen molar-refractivity contribution in [1.82, 2.24) is 10.4 Å². The van der Waals surface area contributed by atoms with E-state index in [2.05, 4.69) is 5.43 Å². The fraction of sp³-hybridized carbons (Fsp3) is 0.591. The molecule has 0 aliphatic carbocycles. The van der Waals surface area contributed by atoms with Gasteiger partial charge < -0.3 is 14.6 Å². The number of nitrogens with zero attached hydrogens (tertiary/aromatic N) is 1. The zero-order valence-electron chi connectivity index (χ0n) is 18.6. The highest BCUT2D eigenvalue weighted by Crippen LogP contribution is 2.24. The topological polar surface area (TPSA) is 105 Å². The number of carbonyl (C=O) groups is 3. The number of aliphatic carboxylic acids is 1. The van der Waals surface area contributed by atoms with Crippen molar-refractivity contribution in [3.8, 4) is 0 Å². The number of hydrazine groups is 1. The van der Waals surface area contributed by atoms with Crippen molar-refractivity contribution in [1.29, 1.82) is 0 Å². The molecule has 1 amide bonds. The van der Waals surface area contributed by atoms with Gasteiger partial charge in [-0.15, -0.1) is 0 Å². The van der Waals surface area contributed by atoms with E-state index in [1.165, 1.54) is 14.2 Å². The van der Waals surface area contributed by atoms with Crippen LogP contribution in [-0.4, -0.2) is 54.3 Å². The molecule has 1 aromatic carbocycles. The number of carbonyl (C=O) groups excluding carboxylic acids is 2. The molecule has 0 saturated carbocycles. The smallest absolute Gasteiger partial charge is 0.425 e. The Kier molecular flexibility index (Phi) is 10.5. The van der Waals surface area contributed by atoms with Gasteiger partial charge in [-0.2, -0.15) is 0 Å². The average Bonchev–Trinajstić information content (AvgIpc) is 2.69. The molecule has 30 heavy (non-hydrogen) atoms. The molecule has 1 rings (SSSR count). The molecule has 2 N–H and O–H groups in total. The summed E-state index contributed by atoms with van der Waals surface area (Å²) in [6.45, 7) is 7.39. The number of hydrogen-bond donors (Lipinski definition) is 2. The van der Waals surface area contributed by atoms with Crippen LogP contribution in [0.5, 0.6) is 0 Å². The molecule has 0 aromatic heterocycles. The second-order valence-electron chi connectivity index (χ2n) is 7.94. The standard InChI is InChI=1S/C22H34N2O6/c1-14(2)12-17(29-6)18(21(26)27)20(25)19(15(3)4)24(23-5)22(28)30-13-16-10-8-7-9-11-16/h7-11,14-15,17-19,23H,12-13H2,1-6H3,(H,26,27)/t17?,18?,19-/m0/s1. The summed E-state index contributed by atoms with van der Waals surface area (Å²) in [7, 11) is 2.88. The van der Waals surface area contributed by atoms with Crippen molar-refractivity contribution in [3.63, 3.8) is 0 Å². The normalized spacial score (nSPS) is 14.3. The summed E-state index contributed by atoms with van der Waals surface area (Å²) in [5.41, 5.74) is 3.50. The highest BCUT2D eigenvalue weighted by atomic mass is 16.6. The molecule has 0 bridgehead atoms. The maximum absolute atomic E-state index is 13.3. The first-order valence-corrected chi connectivity index (χ1v) is 10.1. The van der Waals surface area contributed by atoms with Gasteiger partial charge in [0.05, 0.1) is 6.10 Å². The number of benzene rings is 1. The van der Waals surface area contributed by atoms with Crippen molar-refractivity contribution in [2.75, 3.05) is 14.2 Å². The van der Waals surface area contributed by atoms with E-state index in [4.69, 9.17) is 9.47 Å². The van der Waals surface area contributed by atoms with E-state index >= 15 is 0 Å². The number of carboxylic acids is 1. The second-order valence-corrected chi connectivity index (χ2v) is 7.94. The maximum Gasteiger partial charge on any atom is 0.425 e. The number of methoxy groups -OCH3 is 1. The predicted octanol–water partition coefficient (Wildman–Crippen LogP) is 3.12. The minimum absolute atomic E-state index is 0.0350. The molecule has 8 nitrogen and oxygen atoms in total. The Bertz CT molecular complexity index is 692. The molecule has 0 fully saturated rings. The molecular weight excluding hydrogens is 388 g/mol. The lowest BCUT2D eigenvalue weighted by molar-refractivity contribution is -0.155. The van der Waals surface area contributed by atoms with E-state index < -0.39 is 35.9 Å². The molecule has 2 unspecified atom stereocenters. The number of carboxylic acid groups (broad SMARTS) is 1. The number of Topliss-reactive ketones (excluding diaryl/α,β-unsaturated/α-hetero) is 1. The molecule has 168 valence electrons. The van der Waals surface area contributed by atoms with Crippen LogP contribution in [0.25, 0.3) is 0 Å². The van der Waals surface area contributed by atoms with E-state index in [1.807, 2.05) is 44.2 Å². The number of ether oxygens (including phenoxy) is 2. The number of nitrogens with one attached hydrogen (secondary N) is 1. The van der Waals surface area contributed by atoms with Crippen LogP contribution >= 0.6 is 0 Å². The molecule has 0 aliphatic rings. The van der Waals surface area contributed by atoms with Crippen molar-refractivity contribution < 1.29 is 29.0 Å². The van der Waals surface area contributed by atoms with Gasteiger partial charge >= 0.3 is 12.1 Å². The Morgan fingerprint density at radius 2 is 1.70 bits per heavy atom. The Labute approximate surface area is 178 Å². The fourth-order valence-electron chi connectivity index (χ4n) is 3.37. The first-order chi connectivity index (χ1) is 14.1. The van der Waals surface area contributed by atoms with Crippen LogP contribution < -0.4 is 5.43 Å². The Hall–Kier alpha value is -2.45. The summed E-state index contributed by atoms with van der Waals surface area (Å²) in [6, 6.07) is 8.11. The lowest BCUT2D eigenvalue weighted by Gasteiger charge is -2.34. The minimum atomic E-state index is -1.40. The lowest BCUT2D eigenvalue weighted by Crippen LogP contribution is -2.57. The summed E-state index contributed by atoms with van der Waals surface area (Å²) in [5, 5.41) is 10.8. The van der Waals surface area contributed by atoms with E-state index in [0.717, 1.165) is 10.6 Å². The molecule has 0 aliphatic heterocycles. The number of rotatable bonds is 12. The van der Waals surface area contributed by atoms with Gasteiger partial charge in [-0.1, -0.05) is 58.0 Å². The van der Waals surface area contributed by atoms with E-state index in [-0.39, 0.29) is 18.4 Å². The third kappa shape index (κ3) is 7.11. The first-order valence-electron chi connectivity index (χ1n) is 10.1. The van der Waals surface area contributed by atoms with Gasteiger partial charge in [0, 0.05) is 14.2 Å². The highest BCUT2D eigenvalue weighted by molar-refractivity contribution is 6.02. The molecule has 3 atom stereocenters. The molecular formula is C22H34N2O6. The van der Waals surface area contributed by atoms with Crippen molar-refractivity contribution >= 4 is 17.8 Å². The summed E-state index contributed by atoms with van der Waals surface area (Å²) < 4.78 is 10.7. The SMILES string of the molecule is CNN(C(=O)OCc1ccccc1)[C@H](C(=O)C(C(=O)O)C(CC(C)C)OC)C(C)C. The summed E-state index contributed by atoms with van der Waals surface area (Å²) in [6.07, 6.45) is -1.15. The molecule has 0 spiro atoms. The van der Waals surface area contributed by atoms with Crippen LogP contribution in [0.1, 0.15) is 39.7 Å². The van der Waals surface area contributed by atoms with Crippen LogP contribution in [0.3, 0.4) is 0 Å². The third-order valence-corrected chi connectivity index (χ3v) is 4.79. The van der Waals surface area contributed by atoms with Gasteiger partial charge in [0.15, 0.2) is 5.78 Å². The van der Waals surface area contributed by atoms with Gasteiger partial charge in [-0.05, 0) is 23.8 Å². The fourth-order valence-corrected chi connectivity index (χ4v) is 3.37. The predicted molar refractivity (Wildman–Crippen MR) is 113 cm³/mol. The van der Waals surface area contributed by atoms with E-state index in [1.54, 1.807) is 13.8 Å². The average molecular weight is 423 g/mol.